The minimum absolute atomic E-state index is 0.0765. The molecule has 6 nitrogen and oxygen atoms in total. The van der Waals surface area contributed by atoms with E-state index in [0.29, 0.717) is 18.0 Å². The van der Waals surface area contributed by atoms with E-state index in [4.69, 9.17) is 0 Å². The van der Waals surface area contributed by atoms with Crippen LogP contribution >= 0.6 is 11.8 Å². The molecule has 20 heavy (non-hydrogen) atoms. The summed E-state index contributed by atoms with van der Waals surface area (Å²) in [5.41, 5.74) is 1.86. The topological polar surface area (TPSA) is 78.1 Å². The molecular weight excluding hydrogens is 276 g/mol. The van der Waals surface area contributed by atoms with Crippen molar-refractivity contribution in [2.24, 2.45) is 0 Å². The van der Waals surface area contributed by atoms with Gasteiger partial charge in [0.25, 0.3) is 0 Å². The quantitative estimate of drug-likeness (QED) is 0.864. The molecule has 2 aliphatic heterocycles. The number of aromatic nitrogens is 2. The van der Waals surface area contributed by atoms with Gasteiger partial charge in [0.2, 0.25) is 11.8 Å². The number of aromatic amines is 1. The lowest BCUT2D eigenvalue weighted by atomic mass is 10.2. The highest BCUT2D eigenvalue weighted by molar-refractivity contribution is 8.01. The van der Waals surface area contributed by atoms with Crippen molar-refractivity contribution in [1.29, 1.82) is 0 Å². The first-order chi connectivity index (χ1) is 9.42. The van der Waals surface area contributed by atoms with E-state index in [1.54, 1.807) is 16.7 Å². The molecule has 3 rings (SSSR count). The van der Waals surface area contributed by atoms with Gasteiger partial charge in [-0.3, -0.25) is 14.7 Å². The summed E-state index contributed by atoms with van der Waals surface area (Å²) < 4.78 is 0. The number of anilines is 1. The van der Waals surface area contributed by atoms with Gasteiger partial charge in [0.1, 0.15) is 6.04 Å². The molecule has 0 radical (unpaired) electrons. The van der Waals surface area contributed by atoms with Crippen molar-refractivity contribution in [3.63, 3.8) is 0 Å². The van der Waals surface area contributed by atoms with Crippen molar-refractivity contribution in [3.8, 4) is 0 Å². The Kier molecular flexibility index (Phi) is 3.04. The molecule has 0 bridgehead atoms. The Morgan fingerprint density at radius 3 is 2.95 bits per heavy atom. The van der Waals surface area contributed by atoms with Crippen molar-refractivity contribution in [2.45, 2.75) is 44.5 Å². The second-order valence-corrected chi connectivity index (χ2v) is 7.08. The van der Waals surface area contributed by atoms with Crippen LogP contribution in [0.25, 0.3) is 0 Å². The van der Waals surface area contributed by atoms with Crippen molar-refractivity contribution >= 4 is 29.4 Å². The van der Waals surface area contributed by atoms with Gasteiger partial charge in [-0.2, -0.15) is 5.10 Å². The number of amides is 2. The fourth-order valence-electron chi connectivity index (χ4n) is 2.82. The zero-order valence-corrected chi connectivity index (χ0v) is 12.6. The molecule has 3 heterocycles. The van der Waals surface area contributed by atoms with Crippen LogP contribution in [-0.2, 0) is 9.59 Å². The average molecular weight is 294 g/mol. The molecule has 1 aromatic heterocycles. The lowest BCUT2D eigenvalue weighted by Crippen LogP contribution is -2.48. The molecule has 2 saturated heterocycles. The van der Waals surface area contributed by atoms with Gasteiger partial charge in [-0.1, -0.05) is 0 Å². The normalized spacial score (nSPS) is 28.9. The predicted octanol–water partition coefficient (Wildman–Crippen LogP) is 1.42. The first-order valence-electron chi connectivity index (χ1n) is 6.71. The maximum atomic E-state index is 12.4. The SMILES string of the molecule is Cc1[nH]nc(NC(=O)C2CSC3(C)CCC(=O)N23)c1C. The Labute approximate surface area is 121 Å². The Morgan fingerprint density at radius 2 is 2.30 bits per heavy atom. The van der Waals surface area contributed by atoms with Crippen LogP contribution in [0.5, 0.6) is 0 Å². The number of hydrogen-bond acceptors (Lipinski definition) is 4. The number of fused-ring (bicyclic) bond motifs is 1. The summed E-state index contributed by atoms with van der Waals surface area (Å²) in [6.45, 7) is 5.85. The number of carbonyl (C=O) groups is 2. The van der Waals surface area contributed by atoms with Gasteiger partial charge in [0.05, 0.1) is 4.87 Å². The van der Waals surface area contributed by atoms with Crippen LogP contribution in [0, 0.1) is 13.8 Å². The van der Waals surface area contributed by atoms with E-state index in [1.165, 1.54) is 0 Å². The molecule has 108 valence electrons. The third-order valence-corrected chi connectivity index (χ3v) is 5.75. The molecular formula is C13H18N4O2S. The monoisotopic (exact) mass is 294 g/mol. The number of thioether (sulfide) groups is 1. The number of nitrogens with zero attached hydrogens (tertiary/aromatic N) is 2. The van der Waals surface area contributed by atoms with E-state index >= 15 is 0 Å². The molecule has 2 aliphatic rings. The third-order valence-electron chi connectivity index (χ3n) is 4.24. The molecule has 0 aliphatic carbocycles. The van der Waals surface area contributed by atoms with Gasteiger partial charge in [0, 0.05) is 23.4 Å². The standard InChI is InChI=1S/C13H18N4O2S/c1-7-8(2)15-16-11(7)14-12(19)9-6-20-13(3)5-4-10(18)17(9)13/h9H,4-6H2,1-3H3,(H2,14,15,16,19). The van der Waals surface area contributed by atoms with Crippen LogP contribution < -0.4 is 5.32 Å². The van der Waals surface area contributed by atoms with Crippen LogP contribution in [-0.4, -0.2) is 43.6 Å². The summed E-state index contributed by atoms with van der Waals surface area (Å²) in [5.74, 6) is 1.13. The third kappa shape index (κ3) is 1.91. The smallest absolute Gasteiger partial charge is 0.249 e. The molecule has 2 unspecified atom stereocenters. The average Bonchev–Trinajstić information content (AvgIpc) is 3.00. The molecule has 2 atom stereocenters. The molecule has 1 aromatic rings. The first kappa shape index (κ1) is 13.5. The highest BCUT2D eigenvalue weighted by Gasteiger charge is 2.52. The second kappa shape index (κ2) is 4.51. The van der Waals surface area contributed by atoms with Crippen molar-refractivity contribution < 1.29 is 9.59 Å². The molecule has 2 fully saturated rings. The van der Waals surface area contributed by atoms with E-state index in [0.717, 1.165) is 17.7 Å². The summed E-state index contributed by atoms with van der Waals surface area (Å²) in [6, 6.07) is -0.392. The minimum atomic E-state index is -0.392. The summed E-state index contributed by atoms with van der Waals surface area (Å²) in [7, 11) is 0. The molecule has 0 spiro atoms. The summed E-state index contributed by atoms with van der Waals surface area (Å²) in [5, 5.41) is 9.76. The fourth-order valence-corrected chi connectivity index (χ4v) is 4.25. The fraction of sp³-hybridized carbons (Fsp3) is 0.615. The summed E-state index contributed by atoms with van der Waals surface area (Å²) in [4.78, 5) is 26.0. The van der Waals surface area contributed by atoms with E-state index < -0.39 is 6.04 Å². The van der Waals surface area contributed by atoms with E-state index in [-0.39, 0.29) is 16.7 Å². The van der Waals surface area contributed by atoms with Crippen molar-refractivity contribution in [3.05, 3.63) is 11.3 Å². The van der Waals surface area contributed by atoms with Gasteiger partial charge >= 0.3 is 0 Å². The number of rotatable bonds is 2. The summed E-state index contributed by atoms with van der Waals surface area (Å²) >= 11 is 1.69. The highest BCUT2D eigenvalue weighted by Crippen LogP contribution is 2.47. The lowest BCUT2D eigenvalue weighted by molar-refractivity contribution is -0.135. The minimum Gasteiger partial charge on any atom is -0.315 e. The van der Waals surface area contributed by atoms with Gasteiger partial charge in [-0.05, 0) is 27.2 Å². The largest absolute Gasteiger partial charge is 0.315 e. The molecule has 0 aromatic carbocycles. The Hall–Kier alpha value is -1.50. The maximum Gasteiger partial charge on any atom is 0.249 e. The van der Waals surface area contributed by atoms with E-state index in [1.807, 2.05) is 20.8 Å². The van der Waals surface area contributed by atoms with Gasteiger partial charge in [-0.15, -0.1) is 11.8 Å². The number of carbonyl (C=O) groups excluding carboxylic acids is 2. The van der Waals surface area contributed by atoms with Crippen LogP contribution in [0.2, 0.25) is 0 Å². The molecule has 0 saturated carbocycles. The number of hydrogen-bond donors (Lipinski definition) is 2. The Balaban J connectivity index is 1.78. The number of nitrogens with one attached hydrogen (secondary N) is 2. The Morgan fingerprint density at radius 1 is 1.55 bits per heavy atom. The van der Waals surface area contributed by atoms with Crippen LogP contribution in [0.15, 0.2) is 0 Å². The van der Waals surface area contributed by atoms with E-state index in [9.17, 15) is 9.59 Å². The molecule has 2 amide bonds. The van der Waals surface area contributed by atoms with Crippen LogP contribution in [0.3, 0.4) is 0 Å². The maximum absolute atomic E-state index is 12.4. The van der Waals surface area contributed by atoms with Crippen molar-refractivity contribution in [2.75, 3.05) is 11.1 Å². The van der Waals surface area contributed by atoms with E-state index in [2.05, 4.69) is 15.5 Å². The van der Waals surface area contributed by atoms with Crippen LogP contribution in [0.1, 0.15) is 31.0 Å². The van der Waals surface area contributed by atoms with Gasteiger partial charge in [0.15, 0.2) is 5.82 Å². The van der Waals surface area contributed by atoms with Gasteiger partial charge in [-0.25, -0.2) is 0 Å². The summed E-state index contributed by atoms with van der Waals surface area (Å²) in [6.07, 6.45) is 1.36. The number of aryl methyl sites for hydroxylation is 1. The van der Waals surface area contributed by atoms with Gasteiger partial charge < -0.3 is 10.2 Å². The Bertz CT molecular complexity index is 585. The number of H-pyrrole nitrogens is 1. The predicted molar refractivity (Wildman–Crippen MR) is 77.4 cm³/mol. The first-order valence-corrected chi connectivity index (χ1v) is 7.69. The zero-order chi connectivity index (χ0) is 14.5. The van der Waals surface area contributed by atoms with Crippen molar-refractivity contribution in [1.82, 2.24) is 15.1 Å². The van der Waals surface area contributed by atoms with Crippen LogP contribution in [0.4, 0.5) is 5.82 Å². The zero-order valence-electron chi connectivity index (χ0n) is 11.8. The lowest BCUT2D eigenvalue weighted by Gasteiger charge is -2.29. The molecule has 7 heteroatoms. The second-order valence-electron chi connectivity index (χ2n) is 5.58. The molecule has 2 N–H and O–H groups in total. The highest BCUT2D eigenvalue weighted by atomic mass is 32.2.